The summed E-state index contributed by atoms with van der Waals surface area (Å²) in [5.74, 6) is 0.151. The number of amides is 1. The zero-order chi connectivity index (χ0) is 16.5. The second-order valence-electron chi connectivity index (χ2n) is 6.98. The van der Waals surface area contributed by atoms with Crippen LogP contribution in [0.2, 0.25) is 0 Å². The van der Waals surface area contributed by atoms with E-state index in [0.29, 0.717) is 0 Å². The molecule has 0 radical (unpaired) electrons. The van der Waals surface area contributed by atoms with Gasteiger partial charge in [-0.2, -0.15) is 0 Å². The van der Waals surface area contributed by atoms with Crippen LogP contribution in [0.15, 0.2) is 42.6 Å². The molecule has 4 heteroatoms. The van der Waals surface area contributed by atoms with Gasteiger partial charge in [0.1, 0.15) is 0 Å². The summed E-state index contributed by atoms with van der Waals surface area (Å²) in [6.07, 6.45) is 4.69. The molecule has 1 aromatic carbocycles. The number of likely N-dealkylation sites (tertiary alicyclic amines) is 1. The van der Waals surface area contributed by atoms with Gasteiger partial charge in [0.15, 0.2) is 0 Å². The fourth-order valence-corrected chi connectivity index (χ4v) is 4.02. The minimum atomic E-state index is 0.128. The molecular weight excluding hydrogens is 298 g/mol. The van der Waals surface area contributed by atoms with Gasteiger partial charge < -0.3 is 9.47 Å². The summed E-state index contributed by atoms with van der Waals surface area (Å²) < 4.78 is 2.25. The van der Waals surface area contributed by atoms with Gasteiger partial charge in [0.25, 0.3) is 5.91 Å². The lowest BCUT2D eigenvalue weighted by Gasteiger charge is -2.35. The van der Waals surface area contributed by atoms with E-state index in [0.717, 1.165) is 25.2 Å². The van der Waals surface area contributed by atoms with Gasteiger partial charge in [0.05, 0.1) is 6.04 Å². The Balaban J connectivity index is 1.52. The smallest absolute Gasteiger partial charge is 0.254 e. The van der Waals surface area contributed by atoms with Crippen molar-refractivity contribution < 1.29 is 4.79 Å². The van der Waals surface area contributed by atoms with Crippen LogP contribution in [-0.2, 0) is 13.1 Å². The SMILES string of the molecule is C[C@H]1c2cccn2CCN1C(=O)c1cccc(CN2CCCC2)c1. The van der Waals surface area contributed by atoms with Crippen molar-refractivity contribution >= 4 is 5.91 Å². The third kappa shape index (κ3) is 2.86. The molecule has 126 valence electrons. The van der Waals surface area contributed by atoms with Crippen molar-refractivity contribution in [3.63, 3.8) is 0 Å². The number of fused-ring (bicyclic) bond motifs is 1. The lowest BCUT2D eigenvalue weighted by molar-refractivity contribution is 0.0644. The zero-order valence-corrected chi connectivity index (χ0v) is 14.3. The molecule has 1 aromatic heterocycles. The van der Waals surface area contributed by atoms with Crippen molar-refractivity contribution in [2.75, 3.05) is 19.6 Å². The first-order valence-corrected chi connectivity index (χ1v) is 9.00. The molecule has 0 aliphatic carbocycles. The van der Waals surface area contributed by atoms with E-state index < -0.39 is 0 Å². The van der Waals surface area contributed by atoms with E-state index in [1.54, 1.807) is 0 Å². The lowest BCUT2D eigenvalue weighted by atomic mass is 10.1. The van der Waals surface area contributed by atoms with Crippen LogP contribution >= 0.6 is 0 Å². The van der Waals surface area contributed by atoms with E-state index in [2.05, 4.69) is 46.9 Å². The summed E-state index contributed by atoms with van der Waals surface area (Å²) in [6, 6.07) is 12.5. The predicted octanol–water partition coefficient (Wildman–Crippen LogP) is 3.30. The molecule has 4 rings (SSSR count). The highest BCUT2D eigenvalue weighted by molar-refractivity contribution is 5.94. The van der Waals surface area contributed by atoms with Crippen molar-refractivity contribution in [2.24, 2.45) is 0 Å². The topological polar surface area (TPSA) is 28.5 Å². The van der Waals surface area contributed by atoms with Gasteiger partial charge in [0.2, 0.25) is 0 Å². The normalized spacial score (nSPS) is 21.0. The second-order valence-corrected chi connectivity index (χ2v) is 6.98. The van der Waals surface area contributed by atoms with Crippen LogP contribution in [0.5, 0.6) is 0 Å². The molecule has 1 amide bonds. The van der Waals surface area contributed by atoms with Gasteiger partial charge in [-0.05, 0) is 62.7 Å². The number of hydrogen-bond acceptors (Lipinski definition) is 2. The first kappa shape index (κ1) is 15.5. The molecule has 0 bridgehead atoms. The Morgan fingerprint density at radius 1 is 1.08 bits per heavy atom. The van der Waals surface area contributed by atoms with Gasteiger partial charge in [-0.15, -0.1) is 0 Å². The Morgan fingerprint density at radius 3 is 2.75 bits per heavy atom. The fourth-order valence-electron chi connectivity index (χ4n) is 4.02. The van der Waals surface area contributed by atoms with E-state index in [-0.39, 0.29) is 11.9 Å². The van der Waals surface area contributed by atoms with Crippen LogP contribution in [0.3, 0.4) is 0 Å². The average molecular weight is 323 g/mol. The quantitative estimate of drug-likeness (QED) is 0.867. The fraction of sp³-hybridized carbons (Fsp3) is 0.450. The molecule has 2 aliphatic rings. The number of rotatable bonds is 3. The van der Waals surface area contributed by atoms with Crippen molar-refractivity contribution in [1.82, 2.24) is 14.4 Å². The zero-order valence-electron chi connectivity index (χ0n) is 14.3. The number of benzene rings is 1. The molecular formula is C20H25N3O. The molecule has 2 aliphatic heterocycles. The minimum absolute atomic E-state index is 0.128. The first-order valence-electron chi connectivity index (χ1n) is 9.00. The number of aromatic nitrogens is 1. The summed E-state index contributed by atoms with van der Waals surface area (Å²) in [4.78, 5) is 17.5. The van der Waals surface area contributed by atoms with Crippen LogP contribution in [0, 0.1) is 0 Å². The number of carbonyl (C=O) groups excluding carboxylic acids is 1. The Bertz CT molecular complexity index is 730. The lowest BCUT2D eigenvalue weighted by Crippen LogP contribution is -2.40. The summed E-state index contributed by atoms with van der Waals surface area (Å²) in [6.45, 7) is 7.09. The van der Waals surface area contributed by atoms with Gasteiger partial charge >= 0.3 is 0 Å². The van der Waals surface area contributed by atoms with Crippen LogP contribution in [0.25, 0.3) is 0 Å². The molecule has 0 saturated carbocycles. The van der Waals surface area contributed by atoms with E-state index in [9.17, 15) is 4.79 Å². The Hall–Kier alpha value is -2.07. The van der Waals surface area contributed by atoms with E-state index in [1.165, 1.54) is 37.2 Å². The molecule has 1 atom stereocenters. The highest BCUT2D eigenvalue weighted by Gasteiger charge is 2.28. The van der Waals surface area contributed by atoms with Gasteiger partial charge in [-0.3, -0.25) is 9.69 Å². The van der Waals surface area contributed by atoms with E-state index in [4.69, 9.17) is 0 Å². The Labute approximate surface area is 143 Å². The van der Waals surface area contributed by atoms with Crippen LogP contribution < -0.4 is 0 Å². The monoisotopic (exact) mass is 323 g/mol. The molecule has 4 nitrogen and oxygen atoms in total. The summed E-state index contributed by atoms with van der Waals surface area (Å²) >= 11 is 0. The molecule has 2 aromatic rings. The maximum atomic E-state index is 13.0. The predicted molar refractivity (Wildman–Crippen MR) is 94.8 cm³/mol. The molecule has 3 heterocycles. The maximum Gasteiger partial charge on any atom is 0.254 e. The minimum Gasteiger partial charge on any atom is -0.348 e. The maximum absolute atomic E-state index is 13.0. The van der Waals surface area contributed by atoms with Gasteiger partial charge in [0, 0.05) is 37.1 Å². The van der Waals surface area contributed by atoms with Crippen LogP contribution in [-0.4, -0.2) is 39.9 Å². The summed E-state index contributed by atoms with van der Waals surface area (Å²) in [7, 11) is 0. The highest BCUT2D eigenvalue weighted by atomic mass is 16.2. The molecule has 0 spiro atoms. The average Bonchev–Trinajstić information content (AvgIpc) is 3.26. The third-order valence-corrected chi connectivity index (χ3v) is 5.38. The van der Waals surface area contributed by atoms with Crippen LogP contribution in [0.4, 0.5) is 0 Å². The van der Waals surface area contributed by atoms with Gasteiger partial charge in [-0.25, -0.2) is 0 Å². The van der Waals surface area contributed by atoms with Crippen molar-refractivity contribution in [2.45, 2.75) is 38.9 Å². The van der Waals surface area contributed by atoms with Crippen LogP contribution in [0.1, 0.15) is 47.4 Å². The molecule has 24 heavy (non-hydrogen) atoms. The molecule has 0 N–H and O–H groups in total. The van der Waals surface area contributed by atoms with E-state index in [1.807, 2.05) is 17.0 Å². The molecule has 1 saturated heterocycles. The summed E-state index contributed by atoms with van der Waals surface area (Å²) in [5, 5.41) is 0. The van der Waals surface area contributed by atoms with Crippen molar-refractivity contribution in [1.29, 1.82) is 0 Å². The third-order valence-electron chi connectivity index (χ3n) is 5.38. The van der Waals surface area contributed by atoms with Crippen molar-refractivity contribution in [3.05, 3.63) is 59.4 Å². The molecule has 0 unspecified atom stereocenters. The second kappa shape index (κ2) is 6.44. The molecule has 1 fully saturated rings. The first-order chi connectivity index (χ1) is 11.7. The van der Waals surface area contributed by atoms with E-state index >= 15 is 0 Å². The summed E-state index contributed by atoms with van der Waals surface area (Å²) in [5.41, 5.74) is 3.29. The Morgan fingerprint density at radius 2 is 1.92 bits per heavy atom. The number of nitrogens with zero attached hydrogens (tertiary/aromatic N) is 3. The number of hydrogen-bond donors (Lipinski definition) is 0. The Kier molecular flexibility index (Phi) is 4.15. The van der Waals surface area contributed by atoms with Gasteiger partial charge in [-0.1, -0.05) is 12.1 Å². The number of carbonyl (C=O) groups is 1. The largest absolute Gasteiger partial charge is 0.348 e. The highest BCUT2D eigenvalue weighted by Crippen LogP contribution is 2.27. The van der Waals surface area contributed by atoms with Crippen molar-refractivity contribution in [3.8, 4) is 0 Å². The standard InChI is InChI=1S/C20H25N3O/c1-16-19-8-5-11-22(19)12-13-23(16)20(24)18-7-4-6-17(14-18)15-21-9-2-3-10-21/h4-8,11,14,16H,2-3,9-10,12-13,15H2,1H3/t16-/m0/s1.